The molecule has 1 heterocycles. The molecule has 2 rings (SSSR count). The van der Waals surface area contributed by atoms with E-state index >= 15 is 0 Å². The van der Waals surface area contributed by atoms with E-state index in [1.807, 2.05) is 0 Å². The SMILES string of the molecule is NCCC(F)(F)c1ccc2ncoc2c1. The average molecular weight is 212 g/mol. The number of fused-ring (bicyclic) bond motifs is 1. The van der Waals surface area contributed by atoms with Gasteiger partial charge in [0.25, 0.3) is 5.92 Å². The van der Waals surface area contributed by atoms with Crippen LogP contribution in [0.25, 0.3) is 11.1 Å². The van der Waals surface area contributed by atoms with Crippen LogP contribution in [0.1, 0.15) is 12.0 Å². The fraction of sp³-hybridized carbons (Fsp3) is 0.300. The third-order valence-electron chi connectivity index (χ3n) is 2.21. The molecule has 0 unspecified atom stereocenters. The molecule has 0 saturated heterocycles. The molecule has 2 aromatic rings. The van der Waals surface area contributed by atoms with E-state index in [1.54, 1.807) is 0 Å². The quantitative estimate of drug-likeness (QED) is 0.849. The Morgan fingerprint density at radius 3 is 2.93 bits per heavy atom. The number of aromatic nitrogens is 1. The van der Waals surface area contributed by atoms with Crippen molar-refractivity contribution in [2.45, 2.75) is 12.3 Å². The Labute approximate surface area is 84.9 Å². The second-order valence-electron chi connectivity index (χ2n) is 3.28. The van der Waals surface area contributed by atoms with Gasteiger partial charge < -0.3 is 10.2 Å². The summed E-state index contributed by atoms with van der Waals surface area (Å²) in [4.78, 5) is 3.85. The molecule has 1 aromatic carbocycles. The summed E-state index contributed by atoms with van der Waals surface area (Å²) in [7, 11) is 0. The Balaban J connectivity index is 2.42. The van der Waals surface area contributed by atoms with Crippen molar-refractivity contribution in [3.05, 3.63) is 30.2 Å². The summed E-state index contributed by atoms with van der Waals surface area (Å²) in [5.41, 5.74) is 5.98. The minimum atomic E-state index is -2.91. The van der Waals surface area contributed by atoms with Crippen LogP contribution in [-0.2, 0) is 5.92 Å². The highest BCUT2D eigenvalue weighted by Crippen LogP contribution is 2.32. The summed E-state index contributed by atoms with van der Waals surface area (Å²) in [6.07, 6.45) is 0.863. The smallest absolute Gasteiger partial charge is 0.274 e. The number of oxazole rings is 1. The largest absolute Gasteiger partial charge is 0.443 e. The lowest BCUT2D eigenvalue weighted by Crippen LogP contribution is -2.18. The third kappa shape index (κ3) is 1.83. The van der Waals surface area contributed by atoms with Crippen molar-refractivity contribution in [1.29, 1.82) is 0 Å². The molecular formula is C10H10F2N2O. The van der Waals surface area contributed by atoms with Crippen LogP contribution in [0.5, 0.6) is 0 Å². The zero-order valence-electron chi connectivity index (χ0n) is 7.91. The van der Waals surface area contributed by atoms with Crippen LogP contribution in [0.4, 0.5) is 8.78 Å². The monoisotopic (exact) mass is 212 g/mol. The summed E-state index contributed by atoms with van der Waals surface area (Å²) in [6.45, 7) is -0.0541. The van der Waals surface area contributed by atoms with Gasteiger partial charge in [-0.1, -0.05) is 6.07 Å². The fourth-order valence-electron chi connectivity index (χ4n) is 1.41. The van der Waals surface area contributed by atoms with E-state index in [9.17, 15) is 8.78 Å². The van der Waals surface area contributed by atoms with E-state index < -0.39 is 5.92 Å². The molecule has 0 aliphatic rings. The molecule has 0 aliphatic carbocycles. The molecule has 0 atom stereocenters. The van der Waals surface area contributed by atoms with Gasteiger partial charge in [0, 0.05) is 12.0 Å². The average Bonchev–Trinajstić information content (AvgIpc) is 2.63. The molecule has 3 nitrogen and oxygen atoms in total. The van der Waals surface area contributed by atoms with Crippen molar-refractivity contribution in [1.82, 2.24) is 4.98 Å². The van der Waals surface area contributed by atoms with Crippen LogP contribution in [0.2, 0.25) is 0 Å². The molecule has 0 fully saturated rings. The number of nitrogens with zero attached hydrogens (tertiary/aromatic N) is 1. The fourth-order valence-corrected chi connectivity index (χ4v) is 1.41. The van der Waals surface area contributed by atoms with E-state index in [-0.39, 0.29) is 18.5 Å². The summed E-state index contributed by atoms with van der Waals surface area (Å²) in [5, 5.41) is 0. The molecule has 0 amide bonds. The second-order valence-corrected chi connectivity index (χ2v) is 3.28. The van der Waals surface area contributed by atoms with Crippen LogP contribution in [0, 0.1) is 0 Å². The van der Waals surface area contributed by atoms with Gasteiger partial charge in [-0.25, -0.2) is 13.8 Å². The summed E-state index contributed by atoms with van der Waals surface area (Å²) < 4.78 is 31.9. The van der Waals surface area contributed by atoms with Crippen LogP contribution >= 0.6 is 0 Å². The Morgan fingerprint density at radius 2 is 2.20 bits per heavy atom. The predicted molar refractivity (Wildman–Crippen MR) is 51.6 cm³/mol. The molecule has 80 valence electrons. The van der Waals surface area contributed by atoms with Crippen molar-refractivity contribution in [2.75, 3.05) is 6.54 Å². The number of alkyl halides is 2. The maximum atomic E-state index is 13.4. The maximum absolute atomic E-state index is 13.4. The number of halogens is 2. The second kappa shape index (κ2) is 3.58. The Hall–Kier alpha value is -1.49. The van der Waals surface area contributed by atoms with Crippen LogP contribution in [-0.4, -0.2) is 11.5 Å². The standard InChI is InChI=1S/C10H10F2N2O/c11-10(12,3-4-13)7-1-2-8-9(5-7)15-6-14-8/h1-2,5-6H,3-4,13H2. The Bertz CT molecular complexity index is 467. The van der Waals surface area contributed by atoms with E-state index in [4.69, 9.17) is 10.2 Å². The van der Waals surface area contributed by atoms with Gasteiger partial charge in [0.05, 0.1) is 0 Å². The third-order valence-corrected chi connectivity index (χ3v) is 2.21. The van der Waals surface area contributed by atoms with Crippen LogP contribution in [0.15, 0.2) is 29.0 Å². The zero-order chi connectivity index (χ0) is 10.9. The topological polar surface area (TPSA) is 52.0 Å². The minimum Gasteiger partial charge on any atom is -0.443 e. The van der Waals surface area contributed by atoms with E-state index in [0.717, 1.165) is 0 Å². The maximum Gasteiger partial charge on any atom is 0.274 e. The summed E-state index contributed by atoms with van der Waals surface area (Å²) >= 11 is 0. The normalized spacial score (nSPS) is 12.2. The van der Waals surface area contributed by atoms with Gasteiger partial charge in [0.15, 0.2) is 12.0 Å². The van der Waals surface area contributed by atoms with Gasteiger partial charge in [-0.05, 0) is 18.7 Å². The molecule has 0 radical (unpaired) electrons. The van der Waals surface area contributed by atoms with Gasteiger partial charge >= 0.3 is 0 Å². The number of nitrogens with two attached hydrogens (primary N) is 1. The number of rotatable bonds is 3. The molecule has 0 aliphatic heterocycles. The highest BCUT2D eigenvalue weighted by atomic mass is 19.3. The van der Waals surface area contributed by atoms with Crippen molar-refractivity contribution >= 4 is 11.1 Å². The molecule has 0 spiro atoms. The summed E-state index contributed by atoms with van der Waals surface area (Å²) in [5.74, 6) is -2.91. The molecule has 2 N–H and O–H groups in total. The van der Waals surface area contributed by atoms with Crippen molar-refractivity contribution < 1.29 is 13.2 Å². The van der Waals surface area contributed by atoms with Crippen molar-refractivity contribution in [3.8, 4) is 0 Å². The molecule has 0 saturated carbocycles. The molecule has 15 heavy (non-hydrogen) atoms. The molecule has 0 bridgehead atoms. The van der Waals surface area contributed by atoms with E-state index in [2.05, 4.69) is 4.98 Å². The first-order chi connectivity index (χ1) is 7.13. The van der Waals surface area contributed by atoms with E-state index in [1.165, 1.54) is 24.6 Å². The summed E-state index contributed by atoms with van der Waals surface area (Å²) in [6, 6.07) is 4.16. The van der Waals surface area contributed by atoms with Gasteiger partial charge in [0.1, 0.15) is 5.52 Å². The molecule has 5 heteroatoms. The highest BCUT2D eigenvalue weighted by Gasteiger charge is 2.30. The van der Waals surface area contributed by atoms with Crippen molar-refractivity contribution in [3.63, 3.8) is 0 Å². The number of hydrogen-bond acceptors (Lipinski definition) is 3. The van der Waals surface area contributed by atoms with Crippen molar-refractivity contribution in [2.24, 2.45) is 5.73 Å². The lowest BCUT2D eigenvalue weighted by atomic mass is 10.1. The van der Waals surface area contributed by atoms with Crippen LogP contribution in [0.3, 0.4) is 0 Å². The molecular weight excluding hydrogens is 202 g/mol. The molecule has 1 aromatic heterocycles. The van der Waals surface area contributed by atoms with Gasteiger partial charge in [-0.2, -0.15) is 0 Å². The predicted octanol–water partition coefficient (Wildman–Crippen LogP) is 2.27. The number of hydrogen-bond donors (Lipinski definition) is 1. The van der Waals surface area contributed by atoms with E-state index in [0.29, 0.717) is 11.1 Å². The first-order valence-corrected chi connectivity index (χ1v) is 4.55. The highest BCUT2D eigenvalue weighted by molar-refractivity contribution is 5.72. The Morgan fingerprint density at radius 1 is 1.40 bits per heavy atom. The van der Waals surface area contributed by atoms with Gasteiger partial charge in [-0.3, -0.25) is 0 Å². The lowest BCUT2D eigenvalue weighted by Gasteiger charge is -2.14. The van der Waals surface area contributed by atoms with Gasteiger partial charge in [0.2, 0.25) is 0 Å². The number of benzene rings is 1. The first kappa shape index (κ1) is 10.0. The first-order valence-electron chi connectivity index (χ1n) is 4.55. The minimum absolute atomic E-state index is 0.0541. The zero-order valence-corrected chi connectivity index (χ0v) is 7.91. The lowest BCUT2D eigenvalue weighted by molar-refractivity contribution is -0.0106. The Kier molecular flexibility index (Phi) is 2.40. The van der Waals surface area contributed by atoms with Gasteiger partial charge in [-0.15, -0.1) is 0 Å². The van der Waals surface area contributed by atoms with Crippen LogP contribution < -0.4 is 5.73 Å².